The maximum atomic E-state index is 13.0. The lowest BCUT2D eigenvalue weighted by atomic mass is 10.3. The number of anilines is 1. The molecule has 1 saturated heterocycles. The van der Waals surface area contributed by atoms with Crippen LogP contribution in [-0.2, 0) is 21.2 Å². The molecule has 0 bridgehead atoms. The molecule has 10 heteroatoms. The van der Waals surface area contributed by atoms with Gasteiger partial charge in [-0.15, -0.1) is 11.3 Å². The number of thiazole rings is 1. The highest BCUT2D eigenvalue weighted by Crippen LogP contribution is 2.26. The average molecular weight is 477 g/mol. The van der Waals surface area contributed by atoms with Crippen molar-refractivity contribution in [3.05, 3.63) is 52.2 Å². The van der Waals surface area contributed by atoms with Gasteiger partial charge in [0.15, 0.2) is 0 Å². The summed E-state index contributed by atoms with van der Waals surface area (Å²) in [6.45, 7) is 5.40. The predicted octanol–water partition coefficient (Wildman–Crippen LogP) is 3.38. The lowest BCUT2D eigenvalue weighted by Crippen LogP contribution is -2.48. The molecule has 1 aromatic carbocycles. The third-order valence-corrected chi connectivity index (χ3v) is 8.71. The molecule has 0 atom stereocenters. The number of piperazine rings is 1. The number of hydrogen-bond donors (Lipinski definition) is 1. The van der Waals surface area contributed by atoms with E-state index in [1.807, 2.05) is 22.2 Å². The lowest BCUT2D eigenvalue weighted by molar-refractivity contribution is -0.115. The standard InChI is InChI=1S/C21H24N4O3S3/c1-2-24-7-9-25(10-8-24)31(27,28)19-5-3-4-17(12-19)22-20(26)13-18-15-30-21(23-18)16-6-11-29-14-16/h3-6,11-12,14-15H,2,7-10,13H2,1H3,(H,22,26). The lowest BCUT2D eigenvalue weighted by Gasteiger charge is -2.33. The number of rotatable bonds is 7. The fraction of sp³-hybridized carbons (Fsp3) is 0.333. The maximum Gasteiger partial charge on any atom is 0.243 e. The molecule has 0 saturated carbocycles. The average Bonchev–Trinajstić information content (AvgIpc) is 3.46. The van der Waals surface area contributed by atoms with E-state index in [4.69, 9.17) is 0 Å². The quantitative estimate of drug-likeness (QED) is 0.565. The molecule has 1 aliphatic heterocycles. The monoisotopic (exact) mass is 476 g/mol. The fourth-order valence-corrected chi connectivity index (χ4v) is 6.45. The van der Waals surface area contributed by atoms with Gasteiger partial charge in [-0.25, -0.2) is 13.4 Å². The summed E-state index contributed by atoms with van der Waals surface area (Å²) in [6, 6.07) is 8.45. The molecule has 164 valence electrons. The van der Waals surface area contributed by atoms with E-state index >= 15 is 0 Å². The Labute approximate surface area is 190 Å². The van der Waals surface area contributed by atoms with Crippen LogP contribution in [0.5, 0.6) is 0 Å². The van der Waals surface area contributed by atoms with Crippen LogP contribution in [0.2, 0.25) is 0 Å². The molecule has 0 radical (unpaired) electrons. The van der Waals surface area contributed by atoms with Gasteiger partial charge in [-0.1, -0.05) is 13.0 Å². The molecule has 1 amide bonds. The Morgan fingerprint density at radius 1 is 1.16 bits per heavy atom. The number of carbonyl (C=O) groups is 1. The summed E-state index contributed by atoms with van der Waals surface area (Å²) in [5, 5.41) is 9.59. The highest BCUT2D eigenvalue weighted by atomic mass is 32.2. The first-order valence-electron chi connectivity index (χ1n) is 10.0. The van der Waals surface area contributed by atoms with Crippen molar-refractivity contribution in [2.45, 2.75) is 18.2 Å². The maximum absolute atomic E-state index is 13.0. The zero-order valence-corrected chi connectivity index (χ0v) is 19.6. The van der Waals surface area contributed by atoms with Crippen molar-refractivity contribution in [3.8, 4) is 10.6 Å². The molecule has 1 N–H and O–H groups in total. The number of benzene rings is 1. The predicted molar refractivity (Wildman–Crippen MR) is 125 cm³/mol. The van der Waals surface area contributed by atoms with E-state index in [0.29, 0.717) is 24.5 Å². The topological polar surface area (TPSA) is 82.6 Å². The number of carbonyl (C=O) groups excluding carboxylic acids is 1. The molecule has 31 heavy (non-hydrogen) atoms. The van der Waals surface area contributed by atoms with Gasteiger partial charge in [-0.05, 0) is 36.2 Å². The molecule has 2 aromatic heterocycles. The van der Waals surface area contributed by atoms with Crippen LogP contribution >= 0.6 is 22.7 Å². The third kappa shape index (κ3) is 5.21. The van der Waals surface area contributed by atoms with E-state index in [2.05, 4.69) is 22.1 Å². The van der Waals surface area contributed by atoms with Crippen molar-refractivity contribution in [3.63, 3.8) is 0 Å². The number of thiophene rings is 1. The van der Waals surface area contributed by atoms with Gasteiger partial charge in [-0.2, -0.15) is 15.6 Å². The zero-order valence-electron chi connectivity index (χ0n) is 17.2. The number of hydrogen-bond acceptors (Lipinski definition) is 7. The first-order valence-corrected chi connectivity index (χ1v) is 13.3. The number of nitrogens with zero attached hydrogens (tertiary/aromatic N) is 3. The van der Waals surface area contributed by atoms with Gasteiger partial charge in [0.25, 0.3) is 0 Å². The van der Waals surface area contributed by atoms with Crippen molar-refractivity contribution < 1.29 is 13.2 Å². The Morgan fingerprint density at radius 2 is 1.97 bits per heavy atom. The van der Waals surface area contributed by atoms with Gasteiger partial charge in [-0.3, -0.25) is 4.79 Å². The van der Waals surface area contributed by atoms with Crippen molar-refractivity contribution in [2.75, 3.05) is 38.0 Å². The van der Waals surface area contributed by atoms with Gasteiger partial charge in [0.1, 0.15) is 5.01 Å². The Kier molecular flexibility index (Phi) is 6.83. The van der Waals surface area contributed by atoms with Gasteiger partial charge in [0, 0.05) is 48.2 Å². The molecule has 0 unspecified atom stereocenters. The Morgan fingerprint density at radius 3 is 2.68 bits per heavy atom. The normalized spacial score (nSPS) is 15.8. The minimum absolute atomic E-state index is 0.136. The molecule has 1 aliphatic rings. The minimum Gasteiger partial charge on any atom is -0.326 e. The van der Waals surface area contributed by atoms with Gasteiger partial charge in [0.05, 0.1) is 17.0 Å². The second-order valence-electron chi connectivity index (χ2n) is 7.25. The van der Waals surface area contributed by atoms with Crippen LogP contribution in [0.4, 0.5) is 5.69 Å². The third-order valence-electron chi connectivity index (χ3n) is 5.20. The van der Waals surface area contributed by atoms with Crippen LogP contribution in [0, 0.1) is 0 Å². The van der Waals surface area contributed by atoms with Crippen LogP contribution in [-0.4, -0.2) is 61.2 Å². The fourth-order valence-electron chi connectivity index (χ4n) is 3.45. The van der Waals surface area contributed by atoms with Crippen molar-refractivity contribution in [2.24, 2.45) is 0 Å². The van der Waals surface area contributed by atoms with Crippen LogP contribution in [0.1, 0.15) is 12.6 Å². The molecule has 3 heterocycles. The molecule has 7 nitrogen and oxygen atoms in total. The first-order chi connectivity index (χ1) is 15.0. The van der Waals surface area contributed by atoms with Gasteiger partial charge in [0.2, 0.25) is 15.9 Å². The number of nitrogens with one attached hydrogen (secondary N) is 1. The summed E-state index contributed by atoms with van der Waals surface area (Å²) < 4.78 is 27.5. The first kappa shape index (κ1) is 22.1. The number of sulfonamides is 1. The van der Waals surface area contributed by atoms with Crippen LogP contribution in [0.15, 0.2) is 51.4 Å². The van der Waals surface area contributed by atoms with Gasteiger partial charge >= 0.3 is 0 Å². The largest absolute Gasteiger partial charge is 0.326 e. The van der Waals surface area contributed by atoms with Crippen molar-refractivity contribution in [1.82, 2.24) is 14.2 Å². The Bertz CT molecular complexity index is 1130. The molecular formula is C21H24N4O3S3. The van der Waals surface area contributed by atoms with Gasteiger partial charge < -0.3 is 10.2 Å². The summed E-state index contributed by atoms with van der Waals surface area (Å²) in [5.74, 6) is -0.228. The van der Waals surface area contributed by atoms with Crippen molar-refractivity contribution >= 4 is 44.3 Å². The van der Waals surface area contributed by atoms with E-state index in [1.54, 1.807) is 29.5 Å². The van der Waals surface area contributed by atoms with Crippen LogP contribution in [0.3, 0.4) is 0 Å². The highest BCUT2D eigenvalue weighted by molar-refractivity contribution is 7.89. The molecule has 0 aliphatic carbocycles. The second kappa shape index (κ2) is 9.58. The molecule has 0 spiro atoms. The van der Waals surface area contributed by atoms with Crippen molar-refractivity contribution in [1.29, 1.82) is 0 Å². The molecule has 4 rings (SSSR count). The second-order valence-corrected chi connectivity index (χ2v) is 10.8. The van der Waals surface area contributed by atoms with E-state index in [0.717, 1.165) is 30.2 Å². The Hall–Kier alpha value is -2.11. The Balaban J connectivity index is 1.41. The summed E-state index contributed by atoms with van der Waals surface area (Å²) in [6.07, 6.45) is 0.136. The SMILES string of the molecule is CCN1CCN(S(=O)(=O)c2cccc(NC(=O)Cc3csc(-c4ccsc4)n3)c2)CC1. The molecular weight excluding hydrogens is 452 g/mol. The number of amides is 1. The van der Waals surface area contributed by atoms with E-state index in [-0.39, 0.29) is 17.2 Å². The number of likely N-dealkylation sites (N-methyl/N-ethyl adjacent to an activating group) is 1. The van der Waals surface area contributed by atoms with Crippen LogP contribution in [0.25, 0.3) is 10.6 Å². The highest BCUT2D eigenvalue weighted by Gasteiger charge is 2.28. The van der Waals surface area contributed by atoms with Crippen LogP contribution < -0.4 is 5.32 Å². The summed E-state index contributed by atoms with van der Waals surface area (Å²) in [4.78, 5) is 19.4. The molecule has 3 aromatic rings. The smallest absolute Gasteiger partial charge is 0.243 e. The number of aromatic nitrogens is 1. The summed E-state index contributed by atoms with van der Waals surface area (Å²) in [7, 11) is -3.59. The van der Waals surface area contributed by atoms with E-state index in [1.165, 1.54) is 21.7 Å². The summed E-state index contributed by atoms with van der Waals surface area (Å²) >= 11 is 3.11. The summed E-state index contributed by atoms with van der Waals surface area (Å²) in [5.41, 5.74) is 2.21. The molecule has 1 fully saturated rings. The minimum atomic E-state index is -3.59. The van der Waals surface area contributed by atoms with E-state index in [9.17, 15) is 13.2 Å². The zero-order chi connectivity index (χ0) is 21.8. The van der Waals surface area contributed by atoms with E-state index < -0.39 is 10.0 Å².